The van der Waals surface area contributed by atoms with Gasteiger partial charge in [-0.05, 0) is 41.0 Å². The van der Waals surface area contributed by atoms with Gasteiger partial charge in [0, 0.05) is 32.6 Å². The van der Waals surface area contributed by atoms with Crippen molar-refractivity contribution < 1.29 is 17.9 Å². The van der Waals surface area contributed by atoms with Crippen LogP contribution in [0.5, 0.6) is 5.75 Å². The average molecular weight is 451 g/mol. The van der Waals surface area contributed by atoms with E-state index in [1.165, 1.54) is 21.2 Å². The van der Waals surface area contributed by atoms with Crippen LogP contribution in [0.25, 0.3) is 0 Å². The van der Waals surface area contributed by atoms with Crippen molar-refractivity contribution in [1.29, 1.82) is 0 Å². The number of piperazine rings is 1. The van der Waals surface area contributed by atoms with Gasteiger partial charge in [-0.15, -0.1) is 11.3 Å². The van der Waals surface area contributed by atoms with Crippen LogP contribution in [0.1, 0.15) is 39.2 Å². The molecule has 164 valence electrons. The molecule has 0 spiro atoms. The summed E-state index contributed by atoms with van der Waals surface area (Å²) in [5.41, 5.74) is 1.36. The zero-order chi connectivity index (χ0) is 21.8. The van der Waals surface area contributed by atoms with E-state index in [1.807, 2.05) is 12.1 Å². The van der Waals surface area contributed by atoms with Crippen molar-refractivity contribution in [2.24, 2.45) is 0 Å². The van der Waals surface area contributed by atoms with Gasteiger partial charge < -0.3 is 9.64 Å². The fraction of sp³-hybridized carbons (Fsp3) is 0.500. The highest BCUT2D eigenvalue weighted by atomic mass is 32.2. The summed E-state index contributed by atoms with van der Waals surface area (Å²) in [6.07, 6.45) is 1.03. The molecule has 1 aromatic heterocycles. The number of nitrogens with zero attached hydrogens (tertiary/aromatic N) is 2. The molecule has 1 aromatic carbocycles. The van der Waals surface area contributed by atoms with Gasteiger partial charge in [-0.25, -0.2) is 8.42 Å². The van der Waals surface area contributed by atoms with Crippen molar-refractivity contribution in [2.75, 3.05) is 32.8 Å². The predicted octanol–water partition coefficient (Wildman–Crippen LogP) is 3.74. The zero-order valence-electron chi connectivity index (χ0n) is 17.8. The molecule has 2 heterocycles. The number of carbonyl (C=O) groups is 1. The van der Waals surface area contributed by atoms with E-state index in [0.29, 0.717) is 49.8 Å². The second-order valence-electron chi connectivity index (χ2n) is 8.44. The number of hydrogen-bond acceptors (Lipinski definition) is 5. The fourth-order valence-corrected chi connectivity index (χ4v) is 5.90. The lowest BCUT2D eigenvalue weighted by Crippen LogP contribution is -2.50. The number of benzene rings is 1. The maximum absolute atomic E-state index is 12.6. The minimum absolute atomic E-state index is 0.0508. The minimum Gasteiger partial charge on any atom is -0.494 e. The second-order valence-corrected chi connectivity index (χ2v) is 11.6. The maximum atomic E-state index is 12.6. The number of rotatable bonds is 7. The molecule has 1 fully saturated rings. The zero-order valence-corrected chi connectivity index (χ0v) is 19.5. The van der Waals surface area contributed by atoms with Crippen LogP contribution in [0.4, 0.5) is 0 Å². The topological polar surface area (TPSA) is 66.9 Å². The highest BCUT2D eigenvalue weighted by Gasteiger charge is 2.30. The highest BCUT2D eigenvalue weighted by Crippen LogP contribution is 2.24. The summed E-state index contributed by atoms with van der Waals surface area (Å²) in [6.45, 7) is 8.53. The molecule has 0 atom stereocenters. The van der Waals surface area contributed by atoms with E-state index >= 15 is 0 Å². The molecule has 6 nitrogen and oxygen atoms in total. The van der Waals surface area contributed by atoms with Gasteiger partial charge in [-0.1, -0.05) is 39.0 Å². The van der Waals surface area contributed by atoms with Gasteiger partial charge in [0.15, 0.2) is 0 Å². The molecule has 1 aliphatic heterocycles. The number of hydrogen-bond donors (Lipinski definition) is 0. The van der Waals surface area contributed by atoms with E-state index in [-0.39, 0.29) is 11.3 Å². The van der Waals surface area contributed by atoms with Gasteiger partial charge in [0.25, 0.3) is 10.0 Å². The molecule has 2 aromatic rings. The van der Waals surface area contributed by atoms with E-state index in [9.17, 15) is 13.2 Å². The van der Waals surface area contributed by atoms with Crippen LogP contribution < -0.4 is 4.74 Å². The molecule has 8 heteroatoms. The molecular weight excluding hydrogens is 420 g/mol. The van der Waals surface area contributed by atoms with Crippen LogP contribution in [0, 0.1) is 0 Å². The number of amides is 1. The van der Waals surface area contributed by atoms with Gasteiger partial charge in [-0.2, -0.15) is 4.31 Å². The number of sulfonamides is 1. The SMILES string of the molecule is CC(C)(C)c1ccc(OCCCC(=O)N2CCN(S(=O)(=O)c3cccs3)CC2)cc1. The van der Waals surface area contributed by atoms with E-state index in [2.05, 4.69) is 32.9 Å². The first-order valence-corrected chi connectivity index (χ1v) is 12.5. The van der Waals surface area contributed by atoms with Crippen LogP contribution in [0.15, 0.2) is 46.0 Å². The monoisotopic (exact) mass is 450 g/mol. The molecule has 0 unspecified atom stereocenters. The van der Waals surface area contributed by atoms with Crippen LogP contribution in [-0.2, 0) is 20.2 Å². The van der Waals surface area contributed by atoms with Crippen LogP contribution in [0.3, 0.4) is 0 Å². The highest BCUT2D eigenvalue weighted by molar-refractivity contribution is 7.91. The third kappa shape index (κ3) is 5.62. The maximum Gasteiger partial charge on any atom is 0.252 e. The average Bonchev–Trinajstić information content (AvgIpc) is 3.27. The van der Waals surface area contributed by atoms with Crippen molar-refractivity contribution in [3.05, 3.63) is 47.3 Å². The molecule has 1 amide bonds. The third-order valence-electron chi connectivity index (χ3n) is 5.20. The van der Waals surface area contributed by atoms with Crippen molar-refractivity contribution in [2.45, 2.75) is 43.2 Å². The summed E-state index contributed by atoms with van der Waals surface area (Å²) < 4.78 is 32.7. The van der Waals surface area contributed by atoms with E-state index in [0.717, 1.165) is 5.75 Å². The summed E-state index contributed by atoms with van der Waals surface area (Å²) in [5.74, 6) is 0.859. The summed E-state index contributed by atoms with van der Waals surface area (Å²) in [4.78, 5) is 14.2. The summed E-state index contributed by atoms with van der Waals surface area (Å²) in [5, 5.41) is 1.76. The first-order valence-electron chi connectivity index (χ1n) is 10.2. The van der Waals surface area contributed by atoms with Crippen molar-refractivity contribution in [3.8, 4) is 5.75 Å². The Hall–Kier alpha value is -1.90. The summed E-state index contributed by atoms with van der Waals surface area (Å²) >= 11 is 1.22. The Morgan fingerprint density at radius 3 is 2.30 bits per heavy atom. The lowest BCUT2D eigenvalue weighted by Gasteiger charge is -2.33. The molecule has 0 saturated carbocycles. The van der Waals surface area contributed by atoms with E-state index in [4.69, 9.17) is 4.74 Å². The van der Waals surface area contributed by atoms with Crippen LogP contribution >= 0.6 is 11.3 Å². The Kier molecular flexibility index (Phi) is 7.21. The summed E-state index contributed by atoms with van der Waals surface area (Å²) in [7, 11) is -3.44. The lowest BCUT2D eigenvalue weighted by atomic mass is 9.87. The number of carbonyl (C=O) groups excluding carboxylic acids is 1. The van der Waals surface area contributed by atoms with Gasteiger partial charge >= 0.3 is 0 Å². The predicted molar refractivity (Wildman–Crippen MR) is 120 cm³/mol. The quantitative estimate of drug-likeness (QED) is 0.603. The van der Waals surface area contributed by atoms with Gasteiger partial charge in [0.05, 0.1) is 6.61 Å². The largest absolute Gasteiger partial charge is 0.494 e. The molecule has 0 radical (unpaired) electrons. The Morgan fingerprint density at radius 1 is 1.07 bits per heavy atom. The first-order chi connectivity index (χ1) is 14.2. The Balaban J connectivity index is 1.39. The third-order valence-corrected chi connectivity index (χ3v) is 8.48. The van der Waals surface area contributed by atoms with E-state index < -0.39 is 10.0 Å². The number of ether oxygens (including phenoxy) is 1. The molecule has 0 aliphatic carbocycles. The molecular formula is C22H30N2O4S2. The normalized spacial score (nSPS) is 15.9. The molecule has 1 aliphatic rings. The Morgan fingerprint density at radius 2 is 1.73 bits per heavy atom. The first kappa shape index (κ1) is 22.8. The molecule has 0 bridgehead atoms. The minimum atomic E-state index is -3.44. The fourth-order valence-electron chi connectivity index (χ4n) is 3.34. The number of thiophene rings is 1. The molecule has 30 heavy (non-hydrogen) atoms. The molecule has 0 N–H and O–H groups in total. The summed E-state index contributed by atoms with van der Waals surface area (Å²) in [6, 6.07) is 11.4. The Labute approximate surface area is 183 Å². The smallest absolute Gasteiger partial charge is 0.252 e. The van der Waals surface area contributed by atoms with Crippen molar-refractivity contribution in [1.82, 2.24) is 9.21 Å². The molecule has 3 rings (SSSR count). The van der Waals surface area contributed by atoms with Gasteiger partial charge in [-0.3, -0.25) is 4.79 Å². The lowest BCUT2D eigenvalue weighted by molar-refractivity contribution is -0.132. The van der Waals surface area contributed by atoms with Gasteiger partial charge in [0.2, 0.25) is 5.91 Å². The van der Waals surface area contributed by atoms with Crippen molar-refractivity contribution in [3.63, 3.8) is 0 Å². The van der Waals surface area contributed by atoms with E-state index in [1.54, 1.807) is 22.4 Å². The van der Waals surface area contributed by atoms with Crippen molar-refractivity contribution >= 4 is 27.3 Å². The van der Waals surface area contributed by atoms with Crippen LogP contribution in [-0.4, -0.2) is 56.3 Å². The molecule has 1 saturated heterocycles. The Bertz CT molecular complexity index is 925. The van der Waals surface area contributed by atoms with Gasteiger partial charge in [0.1, 0.15) is 9.96 Å². The standard InChI is InChI=1S/C22H30N2O4S2/c1-22(2,3)18-8-10-19(11-9-18)28-16-4-6-20(25)23-12-14-24(15-13-23)30(26,27)21-7-5-17-29-21/h5,7-11,17H,4,6,12-16H2,1-3H3. The second kappa shape index (κ2) is 9.49. The van der Waals surface area contributed by atoms with Crippen LogP contribution in [0.2, 0.25) is 0 Å².